The Labute approximate surface area is 383 Å². The number of carbonyl (C=O) groups is 4. The lowest BCUT2D eigenvalue weighted by molar-refractivity contribution is -0.148. The van der Waals surface area contributed by atoms with Crippen LogP contribution in [0.2, 0.25) is 5.02 Å². The first-order valence-corrected chi connectivity index (χ1v) is 23.6. The number of morpholine rings is 1. The summed E-state index contributed by atoms with van der Waals surface area (Å²) in [6, 6.07) is 3.44. The number of nitrogens with one attached hydrogen (secondary N) is 3. The number of anilines is 1. The molecule has 4 heterocycles. The topological polar surface area (TPSA) is 183 Å². The van der Waals surface area contributed by atoms with Crippen LogP contribution in [0.5, 0.6) is 11.5 Å². The van der Waals surface area contributed by atoms with Crippen molar-refractivity contribution in [1.29, 1.82) is 0 Å². The van der Waals surface area contributed by atoms with E-state index in [1.165, 1.54) is 29.8 Å². The molecule has 3 aromatic rings. The van der Waals surface area contributed by atoms with Gasteiger partial charge in [0.25, 0.3) is 0 Å². The van der Waals surface area contributed by atoms with Crippen LogP contribution in [0.4, 0.5) is 9.93 Å². The fourth-order valence-corrected chi connectivity index (χ4v) is 10.4. The van der Waals surface area contributed by atoms with E-state index in [4.69, 9.17) is 45.3 Å². The number of benzene rings is 1. The average Bonchev–Trinajstić information content (AvgIpc) is 3.92. The summed E-state index contributed by atoms with van der Waals surface area (Å²) in [6.07, 6.45) is 3.22. The summed E-state index contributed by atoms with van der Waals surface area (Å²) in [4.78, 5) is 69.3. The first kappa shape index (κ1) is 45.8. The Hall–Kier alpha value is -4.71. The van der Waals surface area contributed by atoms with E-state index < -0.39 is 53.0 Å². The molecule has 0 spiro atoms. The summed E-state index contributed by atoms with van der Waals surface area (Å²) in [5, 5.41) is 12.7. The molecule has 3 N–H and O–H groups in total. The number of hydrogen-bond donors (Lipinski definition) is 3. The van der Waals surface area contributed by atoms with Gasteiger partial charge >= 0.3 is 12.1 Å². The molecule has 2 saturated heterocycles. The van der Waals surface area contributed by atoms with Crippen LogP contribution in [0.25, 0.3) is 22.3 Å². The normalized spacial score (nSPS) is 26.8. The van der Waals surface area contributed by atoms with Gasteiger partial charge in [-0.2, -0.15) is 0 Å². The Balaban J connectivity index is 1.10. The highest BCUT2D eigenvalue weighted by Gasteiger charge is 2.62. The van der Waals surface area contributed by atoms with Crippen LogP contribution in [-0.2, 0) is 28.6 Å². The second kappa shape index (κ2) is 18.6. The molecule has 5 aliphatic rings. The van der Waals surface area contributed by atoms with E-state index in [9.17, 15) is 19.2 Å². The standard InChI is InChI=1S/C46H60ClN7O9S/c1-8-28-22-46(28,42(57)59-7)52-40(55)34-20-30(23-54(34)41(56)39(45(4,5)6)51-44(58)63-29-18-26-17-27(26)19-29)62-36-21-32(33-24-64-43(50-33)48-25(2)3)49-38-31(36)9-10-35(37(38)47)61-16-13-53-11-14-60-15-12-53/h8-10,21,24-30,34,39H,1,11-20,22-23H2,2-7H3,(H,48,50)(H,51,58)(H,52,55)/t26-,27+,28-,29+,30-,34+,39-,46?/m1/s1. The lowest BCUT2D eigenvalue weighted by Crippen LogP contribution is -2.59. The van der Waals surface area contributed by atoms with Crippen molar-refractivity contribution < 1.29 is 42.9 Å². The number of fused-ring (bicyclic) bond motifs is 2. The Morgan fingerprint density at radius 2 is 1.80 bits per heavy atom. The molecule has 8 rings (SSSR count). The van der Waals surface area contributed by atoms with Crippen molar-refractivity contribution >= 4 is 62.8 Å². The first-order valence-electron chi connectivity index (χ1n) is 22.3. The summed E-state index contributed by atoms with van der Waals surface area (Å²) in [5.41, 5.74) is -0.547. The van der Waals surface area contributed by atoms with Gasteiger partial charge in [-0.25, -0.2) is 19.6 Å². The van der Waals surface area contributed by atoms with Crippen molar-refractivity contribution in [2.45, 2.75) is 103 Å². The summed E-state index contributed by atoms with van der Waals surface area (Å²) < 4.78 is 29.5. The van der Waals surface area contributed by atoms with Crippen molar-refractivity contribution in [1.82, 2.24) is 30.4 Å². The van der Waals surface area contributed by atoms with Crippen molar-refractivity contribution in [3.63, 3.8) is 0 Å². The number of alkyl carbamates (subject to hydrolysis) is 1. The molecule has 2 aliphatic heterocycles. The van der Waals surface area contributed by atoms with E-state index >= 15 is 0 Å². The third-order valence-corrected chi connectivity index (χ3v) is 14.1. The largest absolute Gasteiger partial charge is 0.491 e. The van der Waals surface area contributed by atoms with Crippen LogP contribution < -0.4 is 25.4 Å². The number of rotatable bonds is 16. The number of ether oxygens (including phenoxy) is 5. The molecule has 8 atom stereocenters. The van der Waals surface area contributed by atoms with E-state index in [1.807, 2.05) is 46.1 Å². The van der Waals surface area contributed by atoms with Gasteiger partial charge in [-0.15, -0.1) is 17.9 Å². The number of hydrogen-bond acceptors (Lipinski definition) is 14. The van der Waals surface area contributed by atoms with E-state index in [2.05, 4.69) is 27.4 Å². The maximum Gasteiger partial charge on any atom is 0.408 e. The molecule has 18 heteroatoms. The molecule has 16 nitrogen and oxygen atoms in total. The molecular weight excluding hydrogens is 862 g/mol. The predicted molar refractivity (Wildman–Crippen MR) is 243 cm³/mol. The molecular formula is C46H60ClN7O9S. The van der Waals surface area contributed by atoms with Gasteiger partial charge in [-0.3, -0.25) is 14.5 Å². The number of likely N-dealkylation sites (tertiary alicyclic amines) is 1. The third-order valence-electron chi connectivity index (χ3n) is 13.0. The Kier molecular flexibility index (Phi) is 13.4. The number of esters is 1. The Morgan fingerprint density at radius 3 is 2.47 bits per heavy atom. The zero-order valence-corrected chi connectivity index (χ0v) is 39.0. The quantitative estimate of drug-likeness (QED) is 0.111. The predicted octanol–water partition coefficient (Wildman–Crippen LogP) is 6.06. The lowest BCUT2D eigenvalue weighted by atomic mass is 9.85. The van der Waals surface area contributed by atoms with Crippen molar-refractivity contribution in [3.8, 4) is 22.9 Å². The number of carbonyl (C=O) groups excluding carboxylic acids is 4. The highest BCUT2D eigenvalue weighted by Crippen LogP contribution is 2.52. The van der Waals surface area contributed by atoms with Gasteiger partial charge in [0.05, 0.1) is 38.1 Å². The van der Waals surface area contributed by atoms with Crippen molar-refractivity contribution in [2.75, 3.05) is 58.4 Å². The highest BCUT2D eigenvalue weighted by atomic mass is 35.5. The zero-order valence-electron chi connectivity index (χ0n) is 37.4. The van der Waals surface area contributed by atoms with Gasteiger partial charge in [-0.05, 0) is 68.9 Å². The summed E-state index contributed by atoms with van der Waals surface area (Å²) in [7, 11) is 1.27. The lowest BCUT2D eigenvalue weighted by Gasteiger charge is -2.35. The number of aromatic nitrogens is 2. The third kappa shape index (κ3) is 9.92. The van der Waals surface area contributed by atoms with Gasteiger partial charge in [0.2, 0.25) is 11.8 Å². The molecule has 3 saturated carbocycles. The van der Waals surface area contributed by atoms with Gasteiger partial charge in [0, 0.05) is 54.8 Å². The molecule has 2 aromatic heterocycles. The van der Waals surface area contributed by atoms with Crippen LogP contribution in [-0.4, -0.2) is 133 Å². The van der Waals surface area contributed by atoms with Crippen LogP contribution in [0, 0.1) is 23.2 Å². The van der Waals surface area contributed by atoms with E-state index in [0.29, 0.717) is 83.4 Å². The van der Waals surface area contributed by atoms with E-state index in [1.54, 1.807) is 18.2 Å². The molecule has 346 valence electrons. The minimum atomic E-state index is -1.31. The highest BCUT2D eigenvalue weighted by molar-refractivity contribution is 7.14. The zero-order chi connectivity index (χ0) is 45.5. The number of amides is 3. The van der Waals surface area contributed by atoms with Crippen molar-refractivity contribution in [2.24, 2.45) is 23.2 Å². The summed E-state index contributed by atoms with van der Waals surface area (Å²) >= 11 is 8.57. The Morgan fingerprint density at radius 1 is 1.05 bits per heavy atom. The average molecular weight is 923 g/mol. The van der Waals surface area contributed by atoms with Gasteiger partial charge in [0.1, 0.15) is 58.7 Å². The molecule has 64 heavy (non-hydrogen) atoms. The van der Waals surface area contributed by atoms with Crippen LogP contribution in [0.3, 0.4) is 0 Å². The summed E-state index contributed by atoms with van der Waals surface area (Å²) in [6.45, 7) is 17.6. The van der Waals surface area contributed by atoms with Gasteiger partial charge in [0.15, 0.2) is 5.13 Å². The molecule has 0 radical (unpaired) electrons. The fraction of sp³-hybridized carbons (Fsp3) is 0.609. The number of pyridine rings is 1. The minimum Gasteiger partial charge on any atom is -0.491 e. The molecule has 0 bridgehead atoms. The van der Waals surface area contributed by atoms with Crippen molar-refractivity contribution in [3.05, 3.63) is 41.3 Å². The summed E-state index contributed by atoms with van der Waals surface area (Å²) in [5.74, 6) is 0.110. The molecule has 3 aliphatic carbocycles. The SMILES string of the molecule is C=C[C@@H]1CC1(NC(=O)[C@@H]1C[C@@H](Oc2cc(-c3csc(NC(C)C)n3)nc3c(Cl)c(OCCN4CCOCC4)ccc23)CN1C(=O)[C@@H](NC(=O)O[C@@H]1C[C@@H]2C[C@@H]2C1)C(C)(C)C)C(=O)OC. The monoisotopic (exact) mass is 921 g/mol. The number of thiazole rings is 1. The van der Waals surface area contributed by atoms with Gasteiger partial charge in [-0.1, -0.05) is 38.4 Å². The van der Waals surface area contributed by atoms with Crippen LogP contribution >= 0.6 is 22.9 Å². The molecule has 5 fully saturated rings. The number of methoxy groups -OCH3 is 1. The number of halogens is 1. The molecule has 1 aromatic carbocycles. The van der Waals surface area contributed by atoms with E-state index in [-0.39, 0.29) is 31.0 Å². The Bertz CT molecular complexity index is 2250. The van der Waals surface area contributed by atoms with E-state index in [0.717, 1.165) is 31.1 Å². The first-order chi connectivity index (χ1) is 30.6. The number of nitrogens with zero attached hydrogens (tertiary/aromatic N) is 4. The second-order valence-electron chi connectivity index (χ2n) is 19.1. The minimum absolute atomic E-state index is 0.0168. The maximum absolute atomic E-state index is 14.9. The van der Waals surface area contributed by atoms with Gasteiger partial charge < -0.3 is 44.5 Å². The molecule has 3 amide bonds. The van der Waals surface area contributed by atoms with Crippen LogP contribution in [0.15, 0.2) is 36.2 Å². The molecule has 1 unspecified atom stereocenters. The maximum atomic E-state index is 14.9. The smallest absolute Gasteiger partial charge is 0.408 e. The van der Waals surface area contributed by atoms with Crippen LogP contribution in [0.1, 0.15) is 66.7 Å². The second-order valence-corrected chi connectivity index (χ2v) is 20.3. The fourth-order valence-electron chi connectivity index (χ4n) is 9.28.